The molecule has 15 heteroatoms. The zero-order chi connectivity index (χ0) is 25.8. The zero-order valence-corrected chi connectivity index (χ0v) is 18.7. The smallest absolute Gasteiger partial charge is 0.475 e. The second kappa shape index (κ2) is 10.9. The molecule has 1 saturated carbocycles. The highest BCUT2D eigenvalue weighted by molar-refractivity contribution is 7.08. The summed E-state index contributed by atoms with van der Waals surface area (Å²) in [7, 11) is 0. The number of nitrogens with one attached hydrogen (secondary N) is 2. The first kappa shape index (κ1) is 26.3. The fourth-order valence-corrected chi connectivity index (χ4v) is 4.18. The van der Waals surface area contributed by atoms with Gasteiger partial charge < -0.3 is 21.5 Å². The van der Waals surface area contributed by atoms with Crippen molar-refractivity contribution < 1.29 is 36.6 Å². The fraction of sp³-hybridized carbons (Fsp3) is 0.400. The van der Waals surface area contributed by atoms with Gasteiger partial charge in [-0.05, 0) is 18.9 Å². The summed E-state index contributed by atoms with van der Waals surface area (Å²) in [6.07, 6.45) is -0.488. The lowest BCUT2D eigenvalue weighted by Gasteiger charge is -2.29. The number of hydrogen-bond acceptors (Lipinski definition) is 7. The number of amides is 1. The summed E-state index contributed by atoms with van der Waals surface area (Å²) in [6.45, 7) is 0. The molecule has 0 aliphatic heterocycles. The largest absolute Gasteiger partial charge is 0.490 e. The number of aliphatic carboxylic acids is 1. The number of carboxylic acid groups (broad SMARTS) is 1. The summed E-state index contributed by atoms with van der Waals surface area (Å²) in [5.74, 6) is -2.69. The van der Waals surface area contributed by atoms with Gasteiger partial charge in [-0.25, -0.2) is 23.1 Å². The van der Waals surface area contributed by atoms with Crippen LogP contribution in [-0.4, -0.2) is 49.8 Å². The fourth-order valence-electron chi connectivity index (χ4n) is 3.41. The molecule has 3 aromatic heterocycles. The van der Waals surface area contributed by atoms with Crippen LogP contribution < -0.4 is 16.4 Å². The number of rotatable bonds is 5. The van der Waals surface area contributed by atoms with Gasteiger partial charge >= 0.3 is 12.1 Å². The summed E-state index contributed by atoms with van der Waals surface area (Å²) in [5.41, 5.74) is 6.64. The molecule has 3 aromatic rings. The summed E-state index contributed by atoms with van der Waals surface area (Å²) < 4.78 is 59.3. The van der Waals surface area contributed by atoms with Crippen molar-refractivity contribution >= 4 is 40.4 Å². The van der Waals surface area contributed by atoms with Crippen LogP contribution in [0.3, 0.4) is 0 Å². The van der Waals surface area contributed by atoms with E-state index in [1.807, 2.05) is 0 Å². The van der Waals surface area contributed by atoms with Crippen molar-refractivity contribution in [2.24, 2.45) is 5.73 Å². The maximum absolute atomic E-state index is 13.0. The Balaban J connectivity index is 0.000000429. The van der Waals surface area contributed by atoms with E-state index in [0.29, 0.717) is 11.5 Å². The van der Waals surface area contributed by atoms with Crippen LogP contribution >= 0.6 is 11.3 Å². The Morgan fingerprint density at radius 1 is 1.23 bits per heavy atom. The van der Waals surface area contributed by atoms with Gasteiger partial charge in [-0.15, -0.1) is 11.3 Å². The van der Waals surface area contributed by atoms with Crippen molar-refractivity contribution in [3.05, 3.63) is 40.3 Å². The lowest BCUT2D eigenvalue weighted by molar-refractivity contribution is -0.192. The van der Waals surface area contributed by atoms with Crippen LogP contribution in [0.15, 0.2) is 29.2 Å². The second-order valence-electron chi connectivity index (χ2n) is 7.64. The Labute approximate surface area is 199 Å². The molecule has 4 rings (SSSR count). The number of thiophene rings is 1. The van der Waals surface area contributed by atoms with E-state index in [-0.39, 0.29) is 28.9 Å². The summed E-state index contributed by atoms with van der Waals surface area (Å²) in [5, 5.41) is 19.9. The quantitative estimate of drug-likeness (QED) is 0.369. The van der Waals surface area contributed by atoms with Crippen LogP contribution in [0.5, 0.6) is 0 Å². The summed E-state index contributed by atoms with van der Waals surface area (Å²) >= 11 is 1.11. The molecule has 1 amide bonds. The molecule has 0 aromatic carbocycles. The highest BCUT2D eigenvalue weighted by Crippen LogP contribution is 2.31. The Kier molecular flexibility index (Phi) is 8.22. The van der Waals surface area contributed by atoms with Gasteiger partial charge in [0.1, 0.15) is 11.4 Å². The van der Waals surface area contributed by atoms with E-state index in [1.54, 1.807) is 12.3 Å². The molecule has 190 valence electrons. The minimum atomic E-state index is -5.08. The standard InChI is InChI=1S/C18H20F2N6OS.C2HF3O2/c19-16(20)11-8-28-9-14(11)24-18(27)10-7-22-26-6-5-15(25-17(10)26)23-13-4-2-1-3-12(13)21;3-2(4,5)1(6)7/h5-9,12-13,16H,1-4,21H2,(H,23,25)(H,24,27);(H,6,7)/t12-,13+;/m0./s1. The predicted molar refractivity (Wildman–Crippen MR) is 118 cm³/mol. The van der Waals surface area contributed by atoms with E-state index in [0.717, 1.165) is 37.0 Å². The Hall–Kier alpha value is -3.33. The average molecular weight is 520 g/mol. The zero-order valence-electron chi connectivity index (χ0n) is 17.9. The number of halogens is 5. The number of carboxylic acids is 1. The monoisotopic (exact) mass is 520 g/mol. The Morgan fingerprint density at radius 2 is 1.91 bits per heavy atom. The SMILES string of the molecule is N[C@H]1CCCC[C@H]1Nc1ccn2ncc(C(=O)Nc3cscc3C(F)F)c2n1.O=C(O)C(F)(F)F. The van der Waals surface area contributed by atoms with Gasteiger partial charge in [0.05, 0.1) is 17.4 Å². The number of carbonyl (C=O) groups is 2. The van der Waals surface area contributed by atoms with Gasteiger partial charge in [0.25, 0.3) is 12.3 Å². The van der Waals surface area contributed by atoms with Gasteiger partial charge in [0, 0.05) is 29.0 Å². The van der Waals surface area contributed by atoms with Crippen molar-refractivity contribution in [1.29, 1.82) is 0 Å². The van der Waals surface area contributed by atoms with Crippen LogP contribution in [0.4, 0.5) is 33.5 Å². The van der Waals surface area contributed by atoms with Crippen molar-refractivity contribution in [2.45, 2.75) is 50.4 Å². The summed E-state index contributed by atoms with van der Waals surface area (Å²) in [4.78, 5) is 26.0. The van der Waals surface area contributed by atoms with Gasteiger partial charge in [0.15, 0.2) is 5.65 Å². The van der Waals surface area contributed by atoms with Gasteiger partial charge in [-0.1, -0.05) is 12.8 Å². The van der Waals surface area contributed by atoms with Crippen molar-refractivity contribution in [3.63, 3.8) is 0 Å². The highest BCUT2D eigenvalue weighted by Gasteiger charge is 2.38. The van der Waals surface area contributed by atoms with Crippen molar-refractivity contribution in [2.75, 3.05) is 10.6 Å². The van der Waals surface area contributed by atoms with Crippen LogP contribution in [0, 0.1) is 0 Å². The first-order valence-corrected chi connectivity index (χ1v) is 11.2. The van der Waals surface area contributed by atoms with Crippen LogP contribution in [0.1, 0.15) is 48.0 Å². The van der Waals surface area contributed by atoms with E-state index in [1.165, 1.54) is 21.5 Å². The van der Waals surface area contributed by atoms with Gasteiger partial charge in [0.2, 0.25) is 0 Å². The number of anilines is 2. The molecule has 0 bridgehead atoms. The maximum Gasteiger partial charge on any atom is 0.490 e. The molecule has 1 aliphatic carbocycles. The molecule has 1 aliphatic rings. The van der Waals surface area contributed by atoms with Crippen LogP contribution in [-0.2, 0) is 4.79 Å². The van der Waals surface area contributed by atoms with E-state index in [9.17, 15) is 26.7 Å². The predicted octanol–water partition coefficient (Wildman–Crippen LogP) is 4.30. The number of nitrogens with two attached hydrogens (primary N) is 1. The maximum atomic E-state index is 13.0. The number of fused-ring (bicyclic) bond motifs is 1. The number of nitrogens with zero attached hydrogens (tertiary/aromatic N) is 3. The number of alkyl halides is 5. The number of hydrogen-bond donors (Lipinski definition) is 4. The molecule has 1 fully saturated rings. The topological polar surface area (TPSA) is 135 Å². The molecule has 0 unspecified atom stereocenters. The number of aromatic nitrogens is 3. The van der Waals surface area contributed by atoms with E-state index >= 15 is 0 Å². The minimum Gasteiger partial charge on any atom is -0.475 e. The molecule has 3 heterocycles. The first-order valence-electron chi connectivity index (χ1n) is 10.3. The van der Waals surface area contributed by atoms with E-state index in [4.69, 9.17) is 15.6 Å². The molecular formula is C20H21F5N6O3S. The lowest BCUT2D eigenvalue weighted by Crippen LogP contribution is -2.42. The van der Waals surface area contributed by atoms with E-state index in [2.05, 4.69) is 20.7 Å². The van der Waals surface area contributed by atoms with Crippen LogP contribution in [0.25, 0.3) is 5.65 Å². The minimum absolute atomic E-state index is 0.0609. The lowest BCUT2D eigenvalue weighted by atomic mass is 9.91. The third kappa shape index (κ3) is 6.63. The molecule has 35 heavy (non-hydrogen) atoms. The molecule has 0 saturated heterocycles. The third-order valence-corrected chi connectivity index (χ3v) is 5.95. The normalized spacial score (nSPS) is 18.1. The average Bonchev–Trinajstić information content (AvgIpc) is 3.42. The molecule has 5 N–H and O–H groups in total. The second-order valence-corrected chi connectivity index (χ2v) is 8.38. The Morgan fingerprint density at radius 3 is 2.54 bits per heavy atom. The molecule has 0 spiro atoms. The Bertz CT molecular complexity index is 1180. The van der Waals surface area contributed by atoms with Gasteiger partial charge in [-0.2, -0.15) is 18.3 Å². The molecular weight excluding hydrogens is 499 g/mol. The summed E-state index contributed by atoms with van der Waals surface area (Å²) in [6, 6.07) is 1.96. The van der Waals surface area contributed by atoms with Gasteiger partial charge in [-0.3, -0.25) is 4.79 Å². The molecule has 9 nitrogen and oxygen atoms in total. The first-order chi connectivity index (χ1) is 16.5. The van der Waals surface area contributed by atoms with Crippen LogP contribution in [0.2, 0.25) is 0 Å². The molecule has 0 radical (unpaired) electrons. The highest BCUT2D eigenvalue weighted by atomic mass is 32.1. The molecule has 2 atom stereocenters. The third-order valence-electron chi connectivity index (χ3n) is 5.18. The number of carbonyl (C=O) groups excluding carboxylic acids is 1. The van der Waals surface area contributed by atoms with E-state index < -0.39 is 24.5 Å². The van der Waals surface area contributed by atoms with Crippen molar-refractivity contribution in [3.8, 4) is 0 Å². The van der Waals surface area contributed by atoms with Crippen molar-refractivity contribution in [1.82, 2.24) is 14.6 Å².